The molecule has 0 radical (unpaired) electrons. The Morgan fingerprint density at radius 1 is 1.28 bits per heavy atom. The van der Waals surface area contributed by atoms with Gasteiger partial charge in [0, 0.05) is 5.56 Å². The van der Waals surface area contributed by atoms with Gasteiger partial charge in [-0.2, -0.15) is 4.39 Å². The number of hydrogen-bond donors (Lipinski definition) is 3. The molecular weight excluding hydrogens is 256 g/mol. The van der Waals surface area contributed by atoms with Crippen molar-refractivity contribution in [3.8, 4) is 0 Å². The molecule has 0 aliphatic carbocycles. The van der Waals surface area contributed by atoms with Gasteiger partial charge in [-0.15, -0.1) is 0 Å². The highest BCUT2D eigenvalue weighted by Gasteiger charge is 2.30. The summed E-state index contributed by atoms with van der Waals surface area (Å²) in [7, 11) is 0. The minimum atomic E-state index is -2.37. The number of rotatable bonds is 4. The summed E-state index contributed by atoms with van der Waals surface area (Å²) in [5, 5.41) is 36.9. The van der Waals surface area contributed by atoms with Crippen molar-refractivity contribution in [3.63, 3.8) is 0 Å². The van der Waals surface area contributed by atoms with E-state index in [9.17, 15) is 28.8 Å². The second-order valence-corrected chi connectivity index (χ2v) is 3.31. The molecule has 1 rings (SSSR count). The number of aliphatic carboxylic acids is 1. The van der Waals surface area contributed by atoms with Gasteiger partial charge in [-0.25, -0.2) is 9.18 Å². The average molecular weight is 263 g/mol. The molecule has 0 spiro atoms. The van der Waals surface area contributed by atoms with Crippen LogP contribution < -0.4 is 0 Å². The lowest BCUT2D eigenvalue weighted by Gasteiger charge is -2.14. The zero-order valence-corrected chi connectivity index (χ0v) is 8.58. The van der Waals surface area contributed by atoms with E-state index in [1.807, 2.05) is 0 Å². The second-order valence-electron chi connectivity index (χ2n) is 3.31. The molecular formula is C9H7F2NO6. The van der Waals surface area contributed by atoms with Crippen molar-refractivity contribution in [1.29, 1.82) is 0 Å². The van der Waals surface area contributed by atoms with Crippen LogP contribution in [0, 0.1) is 21.7 Å². The highest BCUT2D eigenvalue weighted by Crippen LogP contribution is 2.27. The smallest absolute Gasteiger partial charge is 0.335 e. The van der Waals surface area contributed by atoms with Gasteiger partial charge in [0.05, 0.1) is 11.0 Å². The molecule has 18 heavy (non-hydrogen) atoms. The molecule has 0 saturated heterocycles. The number of carboxylic acids is 1. The first-order valence-corrected chi connectivity index (χ1v) is 4.48. The molecule has 0 bridgehead atoms. The van der Waals surface area contributed by atoms with E-state index in [0.717, 1.165) is 0 Å². The van der Waals surface area contributed by atoms with Crippen molar-refractivity contribution in [3.05, 3.63) is 39.4 Å². The van der Waals surface area contributed by atoms with E-state index in [0.29, 0.717) is 0 Å². The molecule has 0 heterocycles. The summed E-state index contributed by atoms with van der Waals surface area (Å²) in [5.74, 6) is -4.69. The molecule has 0 fully saturated rings. The number of nitro groups is 1. The van der Waals surface area contributed by atoms with Gasteiger partial charge in [0.15, 0.2) is 6.10 Å². The topological polar surface area (TPSA) is 121 Å². The molecule has 0 aromatic heterocycles. The molecule has 1 aromatic carbocycles. The van der Waals surface area contributed by atoms with Gasteiger partial charge in [0.25, 0.3) is 0 Å². The van der Waals surface area contributed by atoms with Gasteiger partial charge in [-0.05, 0) is 6.07 Å². The van der Waals surface area contributed by atoms with Crippen molar-refractivity contribution in [2.75, 3.05) is 0 Å². The Bertz CT molecular complexity index is 506. The van der Waals surface area contributed by atoms with E-state index >= 15 is 0 Å². The summed E-state index contributed by atoms with van der Waals surface area (Å²) in [6.07, 6.45) is -4.61. The van der Waals surface area contributed by atoms with Crippen LogP contribution in [-0.2, 0) is 4.79 Å². The van der Waals surface area contributed by atoms with E-state index in [2.05, 4.69) is 0 Å². The van der Waals surface area contributed by atoms with Gasteiger partial charge in [-0.3, -0.25) is 10.1 Å². The molecule has 2 unspecified atom stereocenters. The fraction of sp³-hybridized carbons (Fsp3) is 0.222. The van der Waals surface area contributed by atoms with Crippen LogP contribution in [0.2, 0.25) is 0 Å². The van der Waals surface area contributed by atoms with Crippen molar-refractivity contribution in [2.45, 2.75) is 12.2 Å². The monoisotopic (exact) mass is 263 g/mol. The summed E-state index contributed by atoms with van der Waals surface area (Å²) < 4.78 is 26.5. The zero-order chi connectivity index (χ0) is 14.0. The number of carboxylic acid groups (broad SMARTS) is 1. The first-order chi connectivity index (χ1) is 8.25. The lowest BCUT2D eigenvalue weighted by Crippen LogP contribution is -2.28. The van der Waals surface area contributed by atoms with E-state index in [-0.39, 0.29) is 12.1 Å². The third-order valence-corrected chi connectivity index (χ3v) is 2.13. The number of halogens is 2. The highest BCUT2D eigenvalue weighted by molar-refractivity contribution is 5.73. The normalized spacial score (nSPS) is 14.0. The lowest BCUT2D eigenvalue weighted by atomic mass is 10.0. The Hall–Kier alpha value is -2.13. The Morgan fingerprint density at radius 3 is 2.28 bits per heavy atom. The maximum atomic E-state index is 13.3. The number of aliphatic hydroxyl groups is 2. The van der Waals surface area contributed by atoms with Crippen LogP contribution in [0.5, 0.6) is 0 Å². The van der Waals surface area contributed by atoms with Gasteiger partial charge < -0.3 is 15.3 Å². The van der Waals surface area contributed by atoms with Gasteiger partial charge in [0.1, 0.15) is 11.9 Å². The molecule has 98 valence electrons. The van der Waals surface area contributed by atoms with Crippen LogP contribution in [0.15, 0.2) is 12.1 Å². The quantitative estimate of drug-likeness (QED) is 0.532. The number of hydrogen-bond acceptors (Lipinski definition) is 5. The van der Waals surface area contributed by atoms with E-state index in [1.54, 1.807) is 0 Å². The highest BCUT2D eigenvalue weighted by atomic mass is 19.1. The van der Waals surface area contributed by atoms with Crippen LogP contribution in [0.3, 0.4) is 0 Å². The van der Waals surface area contributed by atoms with Crippen molar-refractivity contribution in [2.24, 2.45) is 0 Å². The van der Waals surface area contributed by atoms with Crippen molar-refractivity contribution < 1.29 is 33.8 Å². The third kappa shape index (κ3) is 2.57. The van der Waals surface area contributed by atoms with Crippen LogP contribution in [0.1, 0.15) is 11.7 Å². The summed E-state index contributed by atoms with van der Waals surface area (Å²) >= 11 is 0. The van der Waals surface area contributed by atoms with E-state index in [4.69, 9.17) is 10.2 Å². The Labute approximate surface area is 98.1 Å². The fourth-order valence-electron chi connectivity index (χ4n) is 1.22. The summed E-state index contributed by atoms with van der Waals surface area (Å²) in [5.41, 5.74) is -2.04. The second kappa shape index (κ2) is 5.02. The maximum Gasteiger partial charge on any atom is 0.335 e. The van der Waals surface area contributed by atoms with Crippen LogP contribution >= 0.6 is 0 Å². The number of aliphatic hydroxyl groups excluding tert-OH is 2. The van der Waals surface area contributed by atoms with Gasteiger partial charge in [-0.1, -0.05) is 0 Å². The Kier molecular flexibility index (Phi) is 3.89. The summed E-state index contributed by atoms with van der Waals surface area (Å²) in [6.45, 7) is 0. The van der Waals surface area contributed by atoms with Crippen LogP contribution in [-0.4, -0.2) is 32.3 Å². The standard InChI is InChI=1S/C9H7F2NO6/c10-4-2-6(12(17)18)5(11)1-3(4)7(13)8(14)9(15)16/h1-2,7-8,13-14H,(H,15,16). The van der Waals surface area contributed by atoms with Crippen LogP contribution in [0.25, 0.3) is 0 Å². The number of carbonyl (C=O) groups is 1. The molecule has 0 aliphatic heterocycles. The molecule has 0 amide bonds. The number of nitrogens with zero attached hydrogens (tertiary/aromatic N) is 1. The Balaban J connectivity index is 3.23. The molecule has 0 saturated carbocycles. The molecule has 9 heteroatoms. The predicted molar refractivity (Wildman–Crippen MR) is 51.6 cm³/mol. The lowest BCUT2D eigenvalue weighted by molar-refractivity contribution is -0.387. The van der Waals surface area contributed by atoms with Crippen molar-refractivity contribution in [1.82, 2.24) is 0 Å². The van der Waals surface area contributed by atoms with Crippen molar-refractivity contribution >= 4 is 11.7 Å². The summed E-state index contributed by atoms with van der Waals surface area (Å²) in [6, 6.07) is 0.465. The van der Waals surface area contributed by atoms with Gasteiger partial charge in [0.2, 0.25) is 5.82 Å². The van der Waals surface area contributed by atoms with E-state index < -0.39 is 46.0 Å². The SMILES string of the molecule is O=C(O)C(O)C(O)c1cc(F)c([N+](=O)[O-])cc1F. The first-order valence-electron chi connectivity index (χ1n) is 4.48. The molecule has 3 N–H and O–H groups in total. The van der Waals surface area contributed by atoms with E-state index in [1.165, 1.54) is 0 Å². The summed E-state index contributed by atoms with van der Waals surface area (Å²) in [4.78, 5) is 19.5. The largest absolute Gasteiger partial charge is 0.479 e. The van der Waals surface area contributed by atoms with Crippen LogP contribution in [0.4, 0.5) is 14.5 Å². The minimum Gasteiger partial charge on any atom is -0.479 e. The average Bonchev–Trinajstić information content (AvgIpc) is 2.29. The molecule has 1 aromatic rings. The van der Waals surface area contributed by atoms with Gasteiger partial charge >= 0.3 is 11.7 Å². The Morgan fingerprint density at radius 2 is 1.83 bits per heavy atom. The molecule has 0 aliphatic rings. The molecule has 7 nitrogen and oxygen atoms in total. The third-order valence-electron chi connectivity index (χ3n) is 2.13. The fourth-order valence-corrected chi connectivity index (χ4v) is 1.22. The molecule has 2 atom stereocenters. The first kappa shape index (κ1) is 13.9. The minimum absolute atomic E-state index is 0.197. The number of benzene rings is 1. The predicted octanol–water partition coefficient (Wildman–Crippen LogP) is 0.352. The number of nitro benzene ring substituents is 1. The maximum absolute atomic E-state index is 13.3. The zero-order valence-electron chi connectivity index (χ0n) is 8.58.